The van der Waals surface area contributed by atoms with Gasteiger partial charge in [-0.25, -0.2) is 0 Å². The largest absolute Gasteiger partial charge is 0.463 e. The maximum atomic E-state index is 13.1. The van der Waals surface area contributed by atoms with Gasteiger partial charge < -0.3 is 19.4 Å². The van der Waals surface area contributed by atoms with Crippen LogP contribution in [0, 0.1) is 13.8 Å². The summed E-state index contributed by atoms with van der Waals surface area (Å²) in [5.41, 5.74) is 6.06. The molecular weight excluding hydrogens is 552 g/mol. The van der Waals surface area contributed by atoms with Crippen molar-refractivity contribution in [2.45, 2.75) is 98.6 Å². The number of ether oxygens (including phenoxy) is 2. The van der Waals surface area contributed by atoms with Crippen LogP contribution in [-0.4, -0.2) is 34.6 Å². The summed E-state index contributed by atoms with van der Waals surface area (Å²) in [6.07, 6.45) is 6.63. The lowest BCUT2D eigenvalue weighted by Crippen LogP contribution is -2.49. The van der Waals surface area contributed by atoms with Gasteiger partial charge in [-0.3, -0.25) is 14.4 Å². The van der Waals surface area contributed by atoms with Crippen molar-refractivity contribution < 1.29 is 23.9 Å². The van der Waals surface area contributed by atoms with Gasteiger partial charge in [0, 0.05) is 32.5 Å². The molecule has 1 atom stereocenters. The van der Waals surface area contributed by atoms with E-state index in [2.05, 4.69) is 79.2 Å². The van der Waals surface area contributed by atoms with E-state index in [4.69, 9.17) is 9.47 Å². The summed E-state index contributed by atoms with van der Waals surface area (Å²) in [5.74, 6) is -0.250. The summed E-state index contributed by atoms with van der Waals surface area (Å²) in [4.78, 5) is 36.5. The van der Waals surface area contributed by atoms with Gasteiger partial charge in [0.05, 0.1) is 11.2 Å². The van der Waals surface area contributed by atoms with Crippen LogP contribution in [0.4, 0.5) is 0 Å². The monoisotopic (exact) mass is 600 g/mol. The molecule has 0 fully saturated rings. The number of hydrogen-bond donors (Lipinski definition) is 1. The van der Waals surface area contributed by atoms with Crippen molar-refractivity contribution in [1.29, 1.82) is 0 Å². The molecule has 0 spiro atoms. The first-order valence-corrected chi connectivity index (χ1v) is 15.6. The molecule has 3 aromatic rings. The second-order valence-corrected chi connectivity index (χ2v) is 11.9. The van der Waals surface area contributed by atoms with E-state index in [1.807, 2.05) is 25.1 Å². The smallest absolute Gasteiger partial charge is 0.311 e. The maximum absolute atomic E-state index is 13.1. The minimum Gasteiger partial charge on any atom is -0.463 e. The Morgan fingerprint density at radius 3 is 2.05 bits per heavy atom. The molecule has 0 aliphatic heterocycles. The molecule has 0 aliphatic rings. The van der Waals surface area contributed by atoms with E-state index in [1.54, 1.807) is 0 Å². The number of amides is 1. The first kappa shape index (κ1) is 34.4. The van der Waals surface area contributed by atoms with Crippen LogP contribution in [-0.2, 0) is 49.7 Å². The quantitative estimate of drug-likeness (QED) is 0.141. The van der Waals surface area contributed by atoms with Crippen LogP contribution < -0.4 is 5.32 Å². The van der Waals surface area contributed by atoms with E-state index >= 15 is 0 Å². The van der Waals surface area contributed by atoms with Gasteiger partial charge in [-0.1, -0.05) is 59.7 Å². The zero-order valence-corrected chi connectivity index (χ0v) is 27.2. The van der Waals surface area contributed by atoms with Gasteiger partial charge in [-0.15, -0.1) is 0 Å². The molecule has 236 valence electrons. The molecule has 1 amide bonds. The molecular formula is C37H48N2O5. The molecule has 0 saturated carbocycles. The normalized spacial score (nSPS) is 12.8. The third-order valence-corrected chi connectivity index (χ3v) is 7.72. The van der Waals surface area contributed by atoms with E-state index in [0.717, 1.165) is 30.7 Å². The van der Waals surface area contributed by atoms with Crippen molar-refractivity contribution in [3.63, 3.8) is 0 Å². The Hall–Kier alpha value is -4.13. The fourth-order valence-electron chi connectivity index (χ4n) is 5.27. The summed E-state index contributed by atoms with van der Waals surface area (Å²) >= 11 is 0. The van der Waals surface area contributed by atoms with Crippen LogP contribution in [0.3, 0.4) is 0 Å². The Balaban J connectivity index is 1.77. The lowest BCUT2D eigenvalue weighted by atomic mass is 9.95. The van der Waals surface area contributed by atoms with Crippen LogP contribution >= 0.6 is 0 Å². The molecule has 0 bridgehead atoms. The highest BCUT2D eigenvalue weighted by molar-refractivity contribution is 5.77. The number of allylic oxidation sites excluding steroid dienone is 1. The van der Waals surface area contributed by atoms with Gasteiger partial charge in [-0.2, -0.15) is 0 Å². The van der Waals surface area contributed by atoms with E-state index in [-0.39, 0.29) is 24.5 Å². The third kappa shape index (κ3) is 11.2. The Morgan fingerprint density at radius 2 is 1.48 bits per heavy atom. The van der Waals surface area contributed by atoms with Gasteiger partial charge in [0.15, 0.2) is 5.76 Å². The molecule has 7 heteroatoms. The van der Waals surface area contributed by atoms with Crippen LogP contribution in [0.1, 0.15) is 87.0 Å². The van der Waals surface area contributed by atoms with E-state index in [1.165, 1.54) is 36.1 Å². The van der Waals surface area contributed by atoms with Gasteiger partial charge in [0.2, 0.25) is 5.91 Å². The second-order valence-electron chi connectivity index (χ2n) is 11.9. The Morgan fingerprint density at radius 1 is 0.864 bits per heavy atom. The fraction of sp³-hybridized carbons (Fsp3) is 0.432. The summed E-state index contributed by atoms with van der Waals surface area (Å²) in [6.45, 7) is 11.7. The number of nitrogens with one attached hydrogen (secondary N) is 1. The van der Waals surface area contributed by atoms with Gasteiger partial charge in [-0.05, 0) is 95.6 Å². The second kappa shape index (κ2) is 16.6. The number of hydrogen-bond acceptors (Lipinski definition) is 5. The molecule has 7 nitrogen and oxygen atoms in total. The number of benzene rings is 2. The fourth-order valence-corrected chi connectivity index (χ4v) is 5.27. The van der Waals surface area contributed by atoms with E-state index < -0.39 is 5.54 Å². The number of rotatable bonds is 16. The summed E-state index contributed by atoms with van der Waals surface area (Å²) in [5, 5.41) is 2.95. The predicted octanol–water partition coefficient (Wildman–Crippen LogP) is 7.06. The zero-order chi connectivity index (χ0) is 32.1. The lowest BCUT2D eigenvalue weighted by molar-refractivity contribution is -0.144. The maximum Gasteiger partial charge on any atom is 0.311 e. The Labute approximate surface area is 262 Å². The molecule has 1 heterocycles. The molecule has 2 aromatic carbocycles. The molecule has 0 radical (unpaired) electrons. The summed E-state index contributed by atoms with van der Waals surface area (Å²) in [7, 11) is 0. The SMILES string of the molecule is CCn1c(CC[C@](C)(COC(C)=O)NC(C)=O)ccc1/C(=C/CCc1ccc(C)cc1)OC(=O)CCCc1ccc(C)cc1. The number of carbonyl (C=O) groups excluding carboxylic acids is 3. The minimum atomic E-state index is -0.711. The lowest BCUT2D eigenvalue weighted by Gasteiger charge is -2.30. The first-order chi connectivity index (χ1) is 21.0. The van der Waals surface area contributed by atoms with Crippen molar-refractivity contribution in [2.75, 3.05) is 6.61 Å². The van der Waals surface area contributed by atoms with Crippen LogP contribution in [0.25, 0.3) is 5.76 Å². The van der Waals surface area contributed by atoms with Crippen LogP contribution in [0.5, 0.6) is 0 Å². The van der Waals surface area contributed by atoms with Crippen molar-refractivity contribution in [3.8, 4) is 0 Å². The number of aryl methyl sites for hydroxylation is 5. The Kier molecular flexibility index (Phi) is 13.0. The average molecular weight is 601 g/mol. The Bertz CT molecular complexity index is 1420. The number of aromatic nitrogens is 1. The van der Waals surface area contributed by atoms with Gasteiger partial charge in [0.25, 0.3) is 0 Å². The van der Waals surface area contributed by atoms with Crippen molar-refractivity contribution >= 4 is 23.6 Å². The van der Waals surface area contributed by atoms with E-state index in [0.29, 0.717) is 38.0 Å². The predicted molar refractivity (Wildman–Crippen MR) is 175 cm³/mol. The van der Waals surface area contributed by atoms with Crippen molar-refractivity contribution in [2.24, 2.45) is 0 Å². The van der Waals surface area contributed by atoms with Crippen LogP contribution in [0.2, 0.25) is 0 Å². The highest BCUT2D eigenvalue weighted by Gasteiger charge is 2.27. The molecule has 44 heavy (non-hydrogen) atoms. The van der Waals surface area contributed by atoms with E-state index in [9.17, 15) is 14.4 Å². The molecule has 0 unspecified atom stereocenters. The number of esters is 2. The number of nitrogens with zero attached hydrogens (tertiary/aromatic N) is 1. The molecule has 1 aromatic heterocycles. The average Bonchev–Trinajstić information content (AvgIpc) is 3.39. The molecule has 1 N–H and O–H groups in total. The van der Waals surface area contributed by atoms with Crippen molar-refractivity contribution in [3.05, 3.63) is 100 Å². The van der Waals surface area contributed by atoms with Crippen LogP contribution in [0.15, 0.2) is 66.7 Å². The molecule has 0 aliphatic carbocycles. The summed E-state index contributed by atoms with van der Waals surface area (Å²) < 4.78 is 13.5. The number of carbonyl (C=O) groups is 3. The highest BCUT2D eigenvalue weighted by Crippen LogP contribution is 2.25. The molecule has 0 saturated heterocycles. The zero-order valence-electron chi connectivity index (χ0n) is 27.2. The van der Waals surface area contributed by atoms with Crippen molar-refractivity contribution in [1.82, 2.24) is 9.88 Å². The standard InChI is InChI=1S/C37H48N2O5/c1-7-39-33(24-25-37(6,38-29(4)40)26-43-30(5)41)22-23-34(39)35(12-8-10-31-18-14-27(2)15-19-31)44-36(42)13-9-11-32-20-16-28(3)17-21-32/h12,14-23H,7-11,13,24-26H2,1-6H3,(H,38,40)/b35-12-/t37-/m1/s1. The van der Waals surface area contributed by atoms with Gasteiger partial charge in [0.1, 0.15) is 6.61 Å². The first-order valence-electron chi connectivity index (χ1n) is 15.6. The summed E-state index contributed by atoms with van der Waals surface area (Å²) in [6, 6.07) is 20.9. The van der Waals surface area contributed by atoms with Gasteiger partial charge >= 0.3 is 11.9 Å². The molecule has 3 rings (SSSR count). The third-order valence-electron chi connectivity index (χ3n) is 7.72. The minimum absolute atomic E-state index is 0.0893. The highest BCUT2D eigenvalue weighted by atomic mass is 16.5. The topological polar surface area (TPSA) is 86.6 Å².